The largest absolute Gasteiger partial charge is 0.493 e. The minimum Gasteiger partial charge on any atom is -0.493 e. The summed E-state index contributed by atoms with van der Waals surface area (Å²) in [6.45, 7) is 3.00. The van der Waals surface area contributed by atoms with Crippen molar-refractivity contribution in [3.05, 3.63) is 28.7 Å². The van der Waals surface area contributed by atoms with Gasteiger partial charge in [0.05, 0.1) is 20.3 Å². The van der Waals surface area contributed by atoms with Crippen LogP contribution in [0.15, 0.2) is 28.7 Å². The number of carbonyl (C=O) groups is 1. The second kappa shape index (κ2) is 7.64. The molecule has 1 saturated heterocycles. The Labute approximate surface area is 128 Å². The number of likely N-dealkylation sites (tertiary alicyclic amines) is 1. The first kappa shape index (κ1) is 15.3. The molecule has 0 aromatic heterocycles. The number of rotatable bonds is 5. The number of ether oxygens (including phenoxy) is 2. The van der Waals surface area contributed by atoms with Crippen LogP contribution in [0.3, 0.4) is 0 Å². The maximum atomic E-state index is 11.2. The molecule has 1 aromatic rings. The Bertz CT molecular complexity index is 444. The standard InChI is InChI=1S/C15H20BrNO3/c1-19-15(18)10-17-7-5-12(6-8-17)11-20-14-4-2-3-13(16)9-14/h2-4,9,12H,5-8,10-11H2,1H3. The first-order valence-corrected chi connectivity index (χ1v) is 7.64. The van der Waals surface area contributed by atoms with Crippen LogP contribution in [0, 0.1) is 5.92 Å². The molecule has 0 unspecified atom stereocenters. The van der Waals surface area contributed by atoms with Crippen LogP contribution in [-0.2, 0) is 9.53 Å². The van der Waals surface area contributed by atoms with Crippen LogP contribution < -0.4 is 4.74 Å². The maximum Gasteiger partial charge on any atom is 0.319 e. The lowest BCUT2D eigenvalue weighted by molar-refractivity contribution is -0.142. The first-order chi connectivity index (χ1) is 9.67. The van der Waals surface area contributed by atoms with Crippen LogP contribution in [0.2, 0.25) is 0 Å². The van der Waals surface area contributed by atoms with E-state index in [0.29, 0.717) is 12.5 Å². The van der Waals surface area contributed by atoms with E-state index in [9.17, 15) is 4.79 Å². The van der Waals surface area contributed by atoms with E-state index in [-0.39, 0.29) is 5.97 Å². The van der Waals surface area contributed by atoms with Crippen LogP contribution in [0.5, 0.6) is 5.75 Å². The molecule has 2 rings (SSSR count). The summed E-state index contributed by atoms with van der Waals surface area (Å²) >= 11 is 3.44. The molecule has 0 radical (unpaired) electrons. The van der Waals surface area contributed by atoms with E-state index in [1.165, 1.54) is 7.11 Å². The van der Waals surface area contributed by atoms with Gasteiger partial charge in [0.2, 0.25) is 0 Å². The molecule has 0 N–H and O–H groups in total. The highest BCUT2D eigenvalue weighted by molar-refractivity contribution is 9.10. The molecule has 1 fully saturated rings. The summed E-state index contributed by atoms with van der Waals surface area (Å²) in [5, 5.41) is 0. The zero-order chi connectivity index (χ0) is 14.4. The Hall–Kier alpha value is -1.07. The van der Waals surface area contributed by atoms with Crippen LogP contribution in [0.1, 0.15) is 12.8 Å². The fourth-order valence-electron chi connectivity index (χ4n) is 2.33. The maximum absolute atomic E-state index is 11.2. The summed E-state index contributed by atoms with van der Waals surface area (Å²) in [6, 6.07) is 7.90. The van der Waals surface area contributed by atoms with Gasteiger partial charge in [0, 0.05) is 4.47 Å². The number of benzene rings is 1. The van der Waals surface area contributed by atoms with E-state index < -0.39 is 0 Å². The number of nitrogens with zero attached hydrogens (tertiary/aromatic N) is 1. The summed E-state index contributed by atoms with van der Waals surface area (Å²) in [5.41, 5.74) is 0. The van der Waals surface area contributed by atoms with Crippen molar-refractivity contribution in [1.82, 2.24) is 4.90 Å². The number of carbonyl (C=O) groups excluding carboxylic acids is 1. The molecule has 1 aliphatic heterocycles. The van der Waals surface area contributed by atoms with Gasteiger partial charge in [-0.3, -0.25) is 9.69 Å². The number of esters is 1. The van der Waals surface area contributed by atoms with E-state index in [1.54, 1.807) is 0 Å². The van der Waals surface area contributed by atoms with Crippen molar-refractivity contribution in [2.24, 2.45) is 5.92 Å². The molecule has 1 aliphatic rings. The SMILES string of the molecule is COC(=O)CN1CCC(COc2cccc(Br)c2)CC1. The zero-order valence-corrected chi connectivity index (χ0v) is 13.3. The van der Waals surface area contributed by atoms with Gasteiger partial charge < -0.3 is 9.47 Å². The van der Waals surface area contributed by atoms with Crippen molar-refractivity contribution in [2.45, 2.75) is 12.8 Å². The minimum absolute atomic E-state index is 0.158. The molecule has 1 aromatic carbocycles. The van der Waals surface area contributed by atoms with Crippen LogP contribution in [0.4, 0.5) is 0 Å². The van der Waals surface area contributed by atoms with E-state index in [2.05, 4.69) is 25.6 Å². The Balaban J connectivity index is 1.70. The van der Waals surface area contributed by atoms with Crippen LogP contribution in [0.25, 0.3) is 0 Å². The lowest BCUT2D eigenvalue weighted by Gasteiger charge is -2.30. The number of methoxy groups -OCH3 is 1. The van der Waals surface area contributed by atoms with Crippen molar-refractivity contribution in [1.29, 1.82) is 0 Å². The van der Waals surface area contributed by atoms with Gasteiger partial charge in [0.25, 0.3) is 0 Å². The fourth-order valence-corrected chi connectivity index (χ4v) is 2.71. The molecular formula is C15H20BrNO3. The van der Waals surface area contributed by atoms with Gasteiger partial charge in [0.15, 0.2) is 0 Å². The molecule has 110 valence electrons. The summed E-state index contributed by atoms with van der Waals surface area (Å²) in [4.78, 5) is 13.4. The van der Waals surface area contributed by atoms with E-state index in [1.807, 2.05) is 24.3 Å². The number of halogens is 1. The van der Waals surface area contributed by atoms with Crippen molar-refractivity contribution in [2.75, 3.05) is 33.4 Å². The second-order valence-corrected chi connectivity index (χ2v) is 5.98. The first-order valence-electron chi connectivity index (χ1n) is 6.85. The van der Waals surface area contributed by atoms with Gasteiger partial charge in [0.1, 0.15) is 5.75 Å². The van der Waals surface area contributed by atoms with Crippen molar-refractivity contribution in [3.8, 4) is 5.75 Å². The molecule has 0 atom stereocenters. The van der Waals surface area contributed by atoms with Crippen molar-refractivity contribution >= 4 is 21.9 Å². The third kappa shape index (κ3) is 4.80. The van der Waals surface area contributed by atoms with Gasteiger partial charge >= 0.3 is 5.97 Å². The van der Waals surface area contributed by atoms with Crippen LogP contribution in [-0.4, -0.2) is 44.2 Å². The molecule has 4 nitrogen and oxygen atoms in total. The van der Waals surface area contributed by atoms with E-state index >= 15 is 0 Å². The van der Waals surface area contributed by atoms with Gasteiger partial charge in [-0.2, -0.15) is 0 Å². The number of hydrogen-bond donors (Lipinski definition) is 0. The molecular weight excluding hydrogens is 322 g/mol. The van der Waals surface area contributed by atoms with Crippen LogP contribution >= 0.6 is 15.9 Å². The van der Waals surface area contributed by atoms with Gasteiger partial charge in [-0.25, -0.2) is 0 Å². The molecule has 0 saturated carbocycles. The number of piperidine rings is 1. The van der Waals surface area contributed by atoms with Gasteiger partial charge in [-0.15, -0.1) is 0 Å². The van der Waals surface area contributed by atoms with Crippen molar-refractivity contribution in [3.63, 3.8) is 0 Å². The Kier molecular flexibility index (Phi) is 5.86. The average molecular weight is 342 g/mol. The monoisotopic (exact) mass is 341 g/mol. The Morgan fingerprint density at radius 1 is 1.40 bits per heavy atom. The molecule has 20 heavy (non-hydrogen) atoms. The fraction of sp³-hybridized carbons (Fsp3) is 0.533. The predicted octanol–water partition coefficient (Wildman–Crippen LogP) is 2.71. The highest BCUT2D eigenvalue weighted by Gasteiger charge is 2.21. The molecule has 0 bridgehead atoms. The number of hydrogen-bond acceptors (Lipinski definition) is 4. The second-order valence-electron chi connectivity index (χ2n) is 5.06. The zero-order valence-electron chi connectivity index (χ0n) is 11.7. The normalized spacial score (nSPS) is 16.9. The molecule has 5 heteroatoms. The van der Waals surface area contributed by atoms with E-state index in [4.69, 9.17) is 4.74 Å². The predicted molar refractivity (Wildman–Crippen MR) is 80.8 cm³/mol. The minimum atomic E-state index is -0.158. The lowest BCUT2D eigenvalue weighted by atomic mass is 9.98. The van der Waals surface area contributed by atoms with Gasteiger partial charge in [-0.1, -0.05) is 22.0 Å². The Morgan fingerprint density at radius 3 is 2.80 bits per heavy atom. The molecule has 0 spiro atoms. The van der Waals surface area contributed by atoms with E-state index in [0.717, 1.165) is 42.8 Å². The summed E-state index contributed by atoms with van der Waals surface area (Å²) < 4.78 is 11.5. The summed E-state index contributed by atoms with van der Waals surface area (Å²) in [7, 11) is 1.43. The highest BCUT2D eigenvalue weighted by atomic mass is 79.9. The lowest BCUT2D eigenvalue weighted by Crippen LogP contribution is -2.39. The average Bonchev–Trinajstić information content (AvgIpc) is 2.46. The quantitative estimate of drug-likeness (QED) is 0.772. The summed E-state index contributed by atoms with van der Waals surface area (Å²) in [6.07, 6.45) is 2.12. The topological polar surface area (TPSA) is 38.8 Å². The molecule has 0 amide bonds. The van der Waals surface area contributed by atoms with Gasteiger partial charge in [-0.05, 0) is 50.0 Å². The van der Waals surface area contributed by atoms with Crippen molar-refractivity contribution < 1.29 is 14.3 Å². The third-order valence-electron chi connectivity index (χ3n) is 3.57. The highest BCUT2D eigenvalue weighted by Crippen LogP contribution is 2.21. The smallest absolute Gasteiger partial charge is 0.319 e. The summed E-state index contributed by atoms with van der Waals surface area (Å²) in [5.74, 6) is 1.30. The third-order valence-corrected chi connectivity index (χ3v) is 4.06. The molecule has 0 aliphatic carbocycles. The molecule has 1 heterocycles. The Morgan fingerprint density at radius 2 is 2.15 bits per heavy atom.